The van der Waals surface area contributed by atoms with E-state index in [1.807, 2.05) is 6.07 Å². The molecule has 3 aliphatic rings. The second kappa shape index (κ2) is 9.35. The van der Waals surface area contributed by atoms with Gasteiger partial charge in [0.25, 0.3) is 5.91 Å². The summed E-state index contributed by atoms with van der Waals surface area (Å²) in [5.74, 6) is -0.0892. The number of urea groups is 1. The molecule has 3 fully saturated rings. The predicted octanol–water partition coefficient (Wildman–Crippen LogP) is 2.53. The fraction of sp³-hybridized carbons (Fsp3) is 0.591. The van der Waals surface area contributed by atoms with Gasteiger partial charge in [0, 0.05) is 17.6 Å². The molecule has 0 aromatic heterocycles. The van der Waals surface area contributed by atoms with E-state index >= 15 is 0 Å². The first-order valence-corrected chi connectivity index (χ1v) is 11.3. The number of halogens is 1. The number of imide groups is 1. The molecule has 4 amide bonds. The maximum Gasteiger partial charge on any atom is 0.325 e. The molecule has 0 spiro atoms. The highest BCUT2D eigenvalue weighted by atomic mass is 35.5. The zero-order chi connectivity index (χ0) is 21.1. The number of nitrogens with one attached hydrogen (secondary N) is 2. The van der Waals surface area contributed by atoms with E-state index in [9.17, 15) is 14.4 Å². The molecule has 1 aromatic rings. The number of rotatable bonds is 6. The Bertz CT molecular complexity index is 815. The number of carbonyl (C=O) groups is 3. The topological polar surface area (TPSA) is 81.8 Å². The van der Waals surface area contributed by atoms with Gasteiger partial charge in [0.1, 0.15) is 6.04 Å². The first kappa shape index (κ1) is 21.1. The number of nitrogens with zero attached hydrogens (tertiary/aromatic N) is 2. The van der Waals surface area contributed by atoms with Crippen LogP contribution in [0.5, 0.6) is 0 Å². The summed E-state index contributed by atoms with van der Waals surface area (Å²) in [5.41, 5.74) is 0.769. The van der Waals surface area contributed by atoms with Crippen LogP contribution >= 0.6 is 11.6 Å². The monoisotopic (exact) mass is 432 g/mol. The van der Waals surface area contributed by atoms with Crippen molar-refractivity contribution in [2.24, 2.45) is 5.92 Å². The third-order valence-electron chi connectivity index (χ3n) is 6.52. The van der Waals surface area contributed by atoms with Crippen LogP contribution in [0.1, 0.15) is 44.1 Å². The highest BCUT2D eigenvalue weighted by molar-refractivity contribution is 6.30. The Morgan fingerprint density at radius 3 is 2.83 bits per heavy atom. The van der Waals surface area contributed by atoms with E-state index in [4.69, 9.17) is 11.6 Å². The fourth-order valence-electron chi connectivity index (χ4n) is 5.00. The first-order chi connectivity index (χ1) is 14.5. The second-order valence-corrected chi connectivity index (χ2v) is 9.00. The van der Waals surface area contributed by atoms with Gasteiger partial charge < -0.3 is 15.5 Å². The smallest absolute Gasteiger partial charge is 0.325 e. The largest absolute Gasteiger partial charge is 0.356 e. The first-order valence-electron chi connectivity index (χ1n) is 10.9. The van der Waals surface area contributed by atoms with Gasteiger partial charge in [-0.1, -0.05) is 30.2 Å². The number of benzene rings is 1. The molecule has 1 unspecified atom stereocenters. The number of amides is 4. The van der Waals surface area contributed by atoms with Crippen LogP contribution in [0.25, 0.3) is 0 Å². The Morgan fingerprint density at radius 2 is 2.00 bits per heavy atom. The lowest BCUT2D eigenvalue weighted by molar-refractivity contribution is -0.131. The quantitative estimate of drug-likeness (QED) is 0.677. The minimum atomic E-state index is -0.811. The molecule has 3 heterocycles. The maximum absolute atomic E-state index is 12.7. The van der Waals surface area contributed by atoms with Crippen molar-refractivity contribution < 1.29 is 14.4 Å². The SMILES string of the molecule is O=C(C[C@@H]1NC(=O)N(Cc2cccc(Cl)c2)C1=O)NC[C@@H]1CCCN2CCCCC12. The molecule has 0 bridgehead atoms. The lowest BCUT2D eigenvalue weighted by Gasteiger charge is -2.44. The highest BCUT2D eigenvalue weighted by Crippen LogP contribution is 2.30. The summed E-state index contributed by atoms with van der Waals surface area (Å²) in [6.07, 6.45) is 6.01. The zero-order valence-corrected chi connectivity index (χ0v) is 17.9. The molecule has 4 rings (SSSR count). The van der Waals surface area contributed by atoms with Crippen LogP contribution < -0.4 is 10.6 Å². The van der Waals surface area contributed by atoms with Gasteiger partial charge in [-0.2, -0.15) is 0 Å². The van der Waals surface area contributed by atoms with Crippen molar-refractivity contribution in [1.82, 2.24) is 20.4 Å². The van der Waals surface area contributed by atoms with Gasteiger partial charge in [0.05, 0.1) is 13.0 Å². The molecular weight excluding hydrogens is 404 g/mol. The number of hydrogen-bond acceptors (Lipinski definition) is 4. The molecule has 3 aliphatic heterocycles. The lowest BCUT2D eigenvalue weighted by Crippen LogP contribution is -2.51. The van der Waals surface area contributed by atoms with Crippen molar-refractivity contribution in [3.63, 3.8) is 0 Å². The molecule has 0 aliphatic carbocycles. The van der Waals surface area contributed by atoms with E-state index in [0.717, 1.165) is 16.9 Å². The molecular formula is C22H29ClN4O3. The van der Waals surface area contributed by atoms with E-state index < -0.39 is 12.1 Å². The molecule has 8 heteroatoms. The predicted molar refractivity (Wildman–Crippen MR) is 114 cm³/mol. The van der Waals surface area contributed by atoms with Crippen molar-refractivity contribution in [3.8, 4) is 0 Å². The van der Waals surface area contributed by atoms with Crippen molar-refractivity contribution in [2.45, 2.75) is 57.2 Å². The Labute approximate surface area is 182 Å². The summed E-state index contributed by atoms with van der Waals surface area (Å²) in [6.45, 7) is 3.12. The third kappa shape index (κ3) is 4.78. The van der Waals surface area contributed by atoms with Crippen LogP contribution in [-0.4, -0.2) is 59.4 Å². The average molecular weight is 433 g/mol. The molecule has 162 valence electrons. The standard InChI is InChI=1S/C22H29ClN4O3/c23-17-7-3-5-15(11-17)14-27-21(29)18(25-22(27)30)12-20(28)24-13-16-6-4-10-26-9-2-1-8-19(16)26/h3,5,7,11,16,18-19H,1-2,4,6,8-10,12-14H2,(H,24,28)(H,25,30)/t16-,18-,19?/m0/s1. The average Bonchev–Trinajstić information content (AvgIpc) is 2.99. The molecule has 7 nitrogen and oxygen atoms in total. The van der Waals surface area contributed by atoms with Gasteiger partial charge in [-0.15, -0.1) is 0 Å². The van der Waals surface area contributed by atoms with Crippen LogP contribution in [-0.2, 0) is 16.1 Å². The van der Waals surface area contributed by atoms with Gasteiger partial charge in [-0.25, -0.2) is 4.79 Å². The normalized spacial score (nSPS) is 27.0. The highest BCUT2D eigenvalue weighted by Gasteiger charge is 2.39. The third-order valence-corrected chi connectivity index (χ3v) is 6.75. The van der Waals surface area contributed by atoms with E-state index in [0.29, 0.717) is 23.5 Å². The molecule has 1 aromatic carbocycles. The van der Waals surface area contributed by atoms with Crippen molar-refractivity contribution in [3.05, 3.63) is 34.9 Å². The minimum Gasteiger partial charge on any atom is -0.356 e. The fourth-order valence-corrected chi connectivity index (χ4v) is 5.21. The van der Waals surface area contributed by atoms with Crippen LogP contribution in [0.3, 0.4) is 0 Å². The van der Waals surface area contributed by atoms with Gasteiger partial charge in [-0.05, 0) is 62.4 Å². The van der Waals surface area contributed by atoms with Gasteiger partial charge in [-0.3, -0.25) is 14.5 Å². The number of fused-ring (bicyclic) bond motifs is 1. The summed E-state index contributed by atoms with van der Waals surface area (Å²) in [4.78, 5) is 41.1. The molecule has 2 N–H and O–H groups in total. The van der Waals surface area contributed by atoms with E-state index in [1.165, 1.54) is 38.8 Å². The van der Waals surface area contributed by atoms with Crippen LogP contribution in [0.15, 0.2) is 24.3 Å². The van der Waals surface area contributed by atoms with E-state index in [-0.39, 0.29) is 24.8 Å². The van der Waals surface area contributed by atoms with Gasteiger partial charge in [0.15, 0.2) is 0 Å². The molecule has 0 saturated carbocycles. The van der Waals surface area contributed by atoms with Crippen LogP contribution in [0, 0.1) is 5.92 Å². The number of hydrogen-bond donors (Lipinski definition) is 2. The van der Waals surface area contributed by atoms with Crippen molar-refractivity contribution >= 4 is 29.4 Å². The maximum atomic E-state index is 12.7. The van der Waals surface area contributed by atoms with Crippen molar-refractivity contribution in [1.29, 1.82) is 0 Å². The summed E-state index contributed by atoms with van der Waals surface area (Å²) >= 11 is 5.98. The van der Waals surface area contributed by atoms with E-state index in [1.54, 1.807) is 18.2 Å². The Kier molecular flexibility index (Phi) is 6.58. The second-order valence-electron chi connectivity index (χ2n) is 8.57. The zero-order valence-electron chi connectivity index (χ0n) is 17.1. The lowest BCUT2D eigenvalue weighted by atomic mass is 9.83. The van der Waals surface area contributed by atoms with Gasteiger partial charge >= 0.3 is 6.03 Å². The Morgan fingerprint density at radius 1 is 1.17 bits per heavy atom. The summed E-state index contributed by atoms with van der Waals surface area (Å²) < 4.78 is 0. The van der Waals surface area contributed by atoms with Gasteiger partial charge in [0.2, 0.25) is 5.91 Å². The Balaban J connectivity index is 1.28. The minimum absolute atomic E-state index is 0.0300. The van der Waals surface area contributed by atoms with Crippen molar-refractivity contribution in [2.75, 3.05) is 19.6 Å². The number of carbonyl (C=O) groups excluding carboxylic acids is 3. The van der Waals surface area contributed by atoms with E-state index in [2.05, 4.69) is 15.5 Å². The van der Waals surface area contributed by atoms with Crippen LogP contribution in [0.2, 0.25) is 5.02 Å². The number of piperidine rings is 2. The molecule has 3 saturated heterocycles. The summed E-state index contributed by atoms with van der Waals surface area (Å²) in [6, 6.07) is 6.33. The molecule has 30 heavy (non-hydrogen) atoms. The summed E-state index contributed by atoms with van der Waals surface area (Å²) in [7, 11) is 0. The molecule has 0 radical (unpaired) electrons. The van der Waals surface area contributed by atoms with Crippen LogP contribution in [0.4, 0.5) is 4.79 Å². The molecule has 3 atom stereocenters. The summed E-state index contributed by atoms with van der Waals surface area (Å²) in [5, 5.41) is 6.20. The Hall–Kier alpha value is -2.12.